The number of hydrogen-bond acceptors (Lipinski definition) is 4. The predicted octanol–water partition coefficient (Wildman–Crippen LogP) is 3.07. The van der Waals surface area contributed by atoms with E-state index < -0.39 is 12.3 Å². The number of ether oxygens (including phenoxy) is 1. The van der Waals surface area contributed by atoms with Gasteiger partial charge < -0.3 is 9.84 Å². The maximum absolute atomic E-state index is 12.5. The molecular formula is C14H16O4S. The number of ketones is 1. The molecule has 19 heavy (non-hydrogen) atoms. The van der Waals surface area contributed by atoms with Crippen molar-refractivity contribution < 1.29 is 19.4 Å². The van der Waals surface area contributed by atoms with E-state index >= 15 is 0 Å². The quantitative estimate of drug-likeness (QED) is 0.636. The van der Waals surface area contributed by atoms with Crippen LogP contribution in [0.4, 0.5) is 4.79 Å². The van der Waals surface area contributed by atoms with Gasteiger partial charge in [-0.05, 0) is 19.3 Å². The van der Waals surface area contributed by atoms with E-state index in [2.05, 4.69) is 0 Å². The third-order valence-electron chi connectivity index (χ3n) is 3.56. The van der Waals surface area contributed by atoms with Crippen molar-refractivity contribution >= 4 is 29.0 Å². The monoisotopic (exact) mass is 280 g/mol. The van der Waals surface area contributed by atoms with Gasteiger partial charge in [0.15, 0.2) is 5.78 Å². The molecule has 0 aromatic carbocycles. The Kier molecular flexibility index (Phi) is 4.47. The Hall–Kier alpha value is -1.49. The van der Waals surface area contributed by atoms with Gasteiger partial charge in [-0.25, -0.2) is 4.79 Å². The van der Waals surface area contributed by atoms with Crippen LogP contribution in [-0.2, 0) is 9.53 Å². The molecule has 2 atom stereocenters. The molecule has 2 aliphatic rings. The minimum absolute atomic E-state index is 0.0692. The number of carbonyl (C=O) groups excluding carboxylic acids is 1. The van der Waals surface area contributed by atoms with Crippen molar-refractivity contribution in [2.24, 2.45) is 5.92 Å². The topological polar surface area (TPSA) is 63.6 Å². The molecule has 0 unspecified atom stereocenters. The maximum atomic E-state index is 12.5. The second-order valence-corrected chi connectivity index (χ2v) is 5.31. The van der Waals surface area contributed by atoms with E-state index in [1.54, 1.807) is 6.08 Å². The first-order chi connectivity index (χ1) is 9.09. The summed E-state index contributed by atoms with van der Waals surface area (Å²) >= 11 is 5.20. The first kappa shape index (κ1) is 13.9. The highest BCUT2D eigenvalue weighted by Gasteiger charge is 2.35. The molecule has 0 bridgehead atoms. The number of hydrogen-bond donors (Lipinski definition) is 1. The molecule has 0 heterocycles. The summed E-state index contributed by atoms with van der Waals surface area (Å²) in [4.78, 5) is 23.8. The van der Waals surface area contributed by atoms with Gasteiger partial charge in [0.2, 0.25) is 0 Å². The lowest BCUT2D eigenvalue weighted by Crippen LogP contribution is -2.36. The van der Waals surface area contributed by atoms with Gasteiger partial charge in [0.1, 0.15) is 6.10 Å². The van der Waals surface area contributed by atoms with Crippen LogP contribution < -0.4 is 0 Å². The number of rotatable bonds is 3. The van der Waals surface area contributed by atoms with Crippen molar-refractivity contribution in [3.63, 3.8) is 0 Å². The van der Waals surface area contributed by atoms with Crippen LogP contribution in [-0.4, -0.2) is 28.0 Å². The summed E-state index contributed by atoms with van der Waals surface area (Å²) in [6.07, 6.45) is 7.29. The Morgan fingerprint density at radius 2 is 2.05 bits per heavy atom. The van der Waals surface area contributed by atoms with Crippen molar-refractivity contribution in [2.45, 2.75) is 38.2 Å². The molecule has 0 aromatic heterocycles. The Morgan fingerprint density at radius 3 is 2.74 bits per heavy atom. The van der Waals surface area contributed by atoms with Gasteiger partial charge in [-0.1, -0.05) is 36.9 Å². The first-order valence-electron chi connectivity index (χ1n) is 6.43. The fourth-order valence-corrected chi connectivity index (χ4v) is 2.89. The molecule has 2 aliphatic carbocycles. The van der Waals surface area contributed by atoms with Crippen molar-refractivity contribution in [3.8, 4) is 0 Å². The number of Topliss-reactive ketones (excluding diaryl/α,β-unsaturated/α-hetero) is 1. The Labute approximate surface area is 117 Å². The highest BCUT2D eigenvalue weighted by Crippen LogP contribution is 2.30. The van der Waals surface area contributed by atoms with Crippen LogP contribution in [0.1, 0.15) is 32.1 Å². The Balaban J connectivity index is 2.15. The normalized spacial score (nSPS) is 26.7. The largest absolute Gasteiger partial charge is 0.506 e. The molecular weight excluding hydrogens is 264 g/mol. The van der Waals surface area contributed by atoms with E-state index in [1.165, 1.54) is 0 Å². The molecule has 0 saturated heterocycles. The zero-order chi connectivity index (χ0) is 13.8. The molecule has 0 amide bonds. The summed E-state index contributed by atoms with van der Waals surface area (Å²) in [5.41, 5.74) is 0.545. The van der Waals surface area contributed by atoms with Gasteiger partial charge in [0, 0.05) is 16.9 Å². The van der Waals surface area contributed by atoms with E-state index in [1.807, 2.05) is 12.2 Å². The molecule has 102 valence electrons. The lowest BCUT2D eigenvalue weighted by molar-refractivity contribution is -0.124. The highest BCUT2D eigenvalue weighted by molar-refractivity contribution is 7.81. The molecule has 0 aromatic rings. The second-order valence-electron chi connectivity index (χ2n) is 4.81. The molecule has 5 heteroatoms. The van der Waals surface area contributed by atoms with Crippen LogP contribution in [0.3, 0.4) is 0 Å². The van der Waals surface area contributed by atoms with Gasteiger partial charge in [-0.3, -0.25) is 4.79 Å². The summed E-state index contributed by atoms with van der Waals surface area (Å²) < 4.78 is 4.86. The molecule has 4 nitrogen and oxygen atoms in total. The van der Waals surface area contributed by atoms with E-state index in [9.17, 15) is 9.59 Å². The van der Waals surface area contributed by atoms with Crippen molar-refractivity contribution in [3.05, 3.63) is 23.8 Å². The molecule has 1 saturated carbocycles. The SMILES string of the molecule is O=C(O)O[C@@H]1CCCC[C@@H]1C(=O)C1=CC=CCC1=S. The molecule has 0 spiro atoms. The number of allylic oxidation sites excluding steroid dienone is 4. The van der Waals surface area contributed by atoms with Gasteiger partial charge in [0.25, 0.3) is 0 Å². The van der Waals surface area contributed by atoms with E-state index in [-0.39, 0.29) is 11.7 Å². The number of carboxylic acid groups (broad SMARTS) is 1. The average Bonchev–Trinajstić information content (AvgIpc) is 2.38. The Bertz CT molecular complexity index is 464. The van der Waals surface area contributed by atoms with Crippen LogP contribution in [0.5, 0.6) is 0 Å². The summed E-state index contributed by atoms with van der Waals surface area (Å²) in [6.45, 7) is 0. The number of carbonyl (C=O) groups is 2. The standard InChI is InChI=1S/C14H16O4S/c15-13(10-6-2-4-8-12(10)19)9-5-1-3-7-11(9)18-14(16)17/h2,4,6,9,11H,1,3,5,7-8H2,(H,16,17)/t9-,11+/m0/s1. The lowest BCUT2D eigenvalue weighted by atomic mass is 9.80. The summed E-state index contributed by atoms with van der Waals surface area (Å²) in [7, 11) is 0. The fourth-order valence-electron chi connectivity index (χ4n) is 2.63. The molecule has 1 fully saturated rings. The summed E-state index contributed by atoms with van der Waals surface area (Å²) in [6, 6.07) is 0. The third kappa shape index (κ3) is 3.29. The second kappa shape index (κ2) is 6.10. The first-order valence-corrected chi connectivity index (χ1v) is 6.84. The maximum Gasteiger partial charge on any atom is 0.506 e. The van der Waals surface area contributed by atoms with Gasteiger partial charge in [-0.2, -0.15) is 0 Å². The number of thiocarbonyl (C=S) groups is 1. The molecule has 0 radical (unpaired) electrons. The van der Waals surface area contributed by atoms with Crippen LogP contribution in [0.2, 0.25) is 0 Å². The smallest absolute Gasteiger partial charge is 0.450 e. The highest BCUT2D eigenvalue weighted by atomic mass is 32.1. The third-order valence-corrected chi connectivity index (χ3v) is 3.95. The van der Waals surface area contributed by atoms with E-state index in [4.69, 9.17) is 22.1 Å². The van der Waals surface area contributed by atoms with Crippen molar-refractivity contribution in [2.75, 3.05) is 0 Å². The molecule has 2 rings (SSSR count). The van der Waals surface area contributed by atoms with Crippen LogP contribution >= 0.6 is 12.2 Å². The van der Waals surface area contributed by atoms with Crippen LogP contribution in [0.25, 0.3) is 0 Å². The fraction of sp³-hybridized carbons (Fsp3) is 0.500. The Morgan fingerprint density at radius 1 is 1.32 bits per heavy atom. The van der Waals surface area contributed by atoms with E-state index in [0.29, 0.717) is 29.7 Å². The van der Waals surface area contributed by atoms with Crippen LogP contribution in [0, 0.1) is 5.92 Å². The summed E-state index contributed by atoms with van der Waals surface area (Å²) in [5, 5.41) is 8.74. The average molecular weight is 280 g/mol. The predicted molar refractivity (Wildman–Crippen MR) is 74.3 cm³/mol. The minimum Gasteiger partial charge on any atom is -0.450 e. The van der Waals surface area contributed by atoms with Gasteiger partial charge in [-0.15, -0.1) is 0 Å². The molecule has 1 N–H and O–H groups in total. The van der Waals surface area contributed by atoms with Crippen molar-refractivity contribution in [1.82, 2.24) is 0 Å². The minimum atomic E-state index is -1.32. The summed E-state index contributed by atoms with van der Waals surface area (Å²) in [5.74, 6) is -0.458. The van der Waals surface area contributed by atoms with Gasteiger partial charge in [0.05, 0.1) is 5.92 Å². The lowest BCUT2D eigenvalue weighted by Gasteiger charge is -2.30. The van der Waals surface area contributed by atoms with Crippen LogP contribution in [0.15, 0.2) is 23.8 Å². The molecule has 0 aliphatic heterocycles. The van der Waals surface area contributed by atoms with E-state index in [0.717, 1.165) is 12.8 Å². The van der Waals surface area contributed by atoms with Crippen molar-refractivity contribution in [1.29, 1.82) is 0 Å². The van der Waals surface area contributed by atoms with Gasteiger partial charge >= 0.3 is 6.16 Å². The zero-order valence-corrected chi connectivity index (χ0v) is 11.3. The zero-order valence-electron chi connectivity index (χ0n) is 10.5.